The van der Waals surface area contributed by atoms with E-state index in [-0.39, 0.29) is 17.9 Å². The third-order valence-corrected chi connectivity index (χ3v) is 4.74. The molecule has 0 spiro atoms. The Hall–Kier alpha value is -2.63. The highest BCUT2D eigenvalue weighted by molar-refractivity contribution is 5.85. The average Bonchev–Trinajstić information content (AvgIpc) is 3.12. The summed E-state index contributed by atoms with van der Waals surface area (Å²) in [6.45, 7) is 6.02. The van der Waals surface area contributed by atoms with Crippen molar-refractivity contribution in [2.75, 3.05) is 20.1 Å². The summed E-state index contributed by atoms with van der Waals surface area (Å²) < 4.78 is 0. The Morgan fingerprint density at radius 3 is 2.92 bits per heavy atom. The van der Waals surface area contributed by atoms with Gasteiger partial charge in [0.2, 0.25) is 5.91 Å². The molecule has 0 bridgehead atoms. The number of fused-ring (bicyclic) bond motifs is 1. The molecule has 6 nitrogen and oxygen atoms in total. The SMILES string of the molecule is CN=C(NCc1nccc2ccccc12)NC1CCN(C(=O)C(C)C)C1. The zero-order valence-corrected chi connectivity index (χ0v) is 15.7. The summed E-state index contributed by atoms with van der Waals surface area (Å²) in [6, 6.07) is 10.5. The van der Waals surface area contributed by atoms with Crippen molar-refractivity contribution < 1.29 is 4.79 Å². The lowest BCUT2D eigenvalue weighted by molar-refractivity contribution is -0.133. The van der Waals surface area contributed by atoms with Crippen LogP contribution in [-0.2, 0) is 11.3 Å². The second-order valence-corrected chi connectivity index (χ2v) is 6.97. The van der Waals surface area contributed by atoms with Gasteiger partial charge in [0, 0.05) is 43.7 Å². The van der Waals surface area contributed by atoms with Crippen molar-refractivity contribution >= 4 is 22.6 Å². The number of aliphatic imine (C=N–C) groups is 1. The molecule has 2 N–H and O–H groups in total. The summed E-state index contributed by atoms with van der Waals surface area (Å²) in [5.74, 6) is 1.00. The van der Waals surface area contributed by atoms with E-state index in [4.69, 9.17) is 0 Å². The van der Waals surface area contributed by atoms with Crippen LogP contribution in [0, 0.1) is 5.92 Å². The molecule has 1 aromatic heterocycles. The maximum absolute atomic E-state index is 12.1. The molecule has 0 saturated carbocycles. The molecule has 138 valence electrons. The monoisotopic (exact) mass is 353 g/mol. The van der Waals surface area contributed by atoms with E-state index in [0.717, 1.165) is 36.6 Å². The van der Waals surface area contributed by atoms with Crippen LogP contribution in [0.4, 0.5) is 0 Å². The number of nitrogens with zero attached hydrogens (tertiary/aromatic N) is 3. The van der Waals surface area contributed by atoms with Crippen LogP contribution in [0.25, 0.3) is 10.8 Å². The second kappa shape index (κ2) is 8.17. The van der Waals surface area contributed by atoms with E-state index in [1.54, 1.807) is 7.05 Å². The molecular weight excluding hydrogens is 326 g/mol. The third kappa shape index (κ3) is 4.12. The molecule has 1 fully saturated rings. The van der Waals surface area contributed by atoms with Crippen LogP contribution in [0.5, 0.6) is 0 Å². The Morgan fingerprint density at radius 1 is 1.35 bits per heavy atom. The summed E-state index contributed by atoms with van der Waals surface area (Å²) in [5, 5.41) is 9.10. The molecule has 1 aliphatic rings. The van der Waals surface area contributed by atoms with E-state index in [1.807, 2.05) is 43.1 Å². The van der Waals surface area contributed by atoms with Gasteiger partial charge in [0.1, 0.15) is 0 Å². The number of hydrogen-bond acceptors (Lipinski definition) is 3. The van der Waals surface area contributed by atoms with E-state index >= 15 is 0 Å². The molecule has 1 atom stereocenters. The van der Waals surface area contributed by atoms with E-state index in [0.29, 0.717) is 6.54 Å². The van der Waals surface area contributed by atoms with Gasteiger partial charge in [-0.05, 0) is 17.9 Å². The Labute approximate surface area is 154 Å². The number of pyridine rings is 1. The minimum Gasteiger partial charge on any atom is -0.352 e. The van der Waals surface area contributed by atoms with Gasteiger partial charge in [-0.2, -0.15) is 0 Å². The number of likely N-dealkylation sites (tertiary alicyclic amines) is 1. The summed E-state index contributed by atoms with van der Waals surface area (Å²) in [4.78, 5) is 22.9. The van der Waals surface area contributed by atoms with Crippen LogP contribution in [0.15, 0.2) is 41.5 Å². The van der Waals surface area contributed by atoms with Crippen molar-refractivity contribution in [2.24, 2.45) is 10.9 Å². The van der Waals surface area contributed by atoms with Crippen molar-refractivity contribution in [3.8, 4) is 0 Å². The minimum atomic E-state index is 0.0450. The lowest BCUT2D eigenvalue weighted by atomic mass is 10.1. The first kappa shape index (κ1) is 18.2. The smallest absolute Gasteiger partial charge is 0.225 e. The van der Waals surface area contributed by atoms with Gasteiger partial charge in [0.25, 0.3) is 0 Å². The van der Waals surface area contributed by atoms with E-state index in [1.165, 1.54) is 5.39 Å². The third-order valence-electron chi connectivity index (χ3n) is 4.74. The summed E-state index contributed by atoms with van der Waals surface area (Å²) in [6.07, 6.45) is 2.77. The fraction of sp³-hybridized carbons (Fsp3) is 0.450. The van der Waals surface area contributed by atoms with Crippen LogP contribution in [-0.4, -0.2) is 47.9 Å². The van der Waals surface area contributed by atoms with Gasteiger partial charge in [-0.3, -0.25) is 14.8 Å². The predicted octanol–water partition coefficient (Wildman–Crippen LogP) is 2.16. The van der Waals surface area contributed by atoms with Gasteiger partial charge in [-0.25, -0.2) is 0 Å². The molecule has 26 heavy (non-hydrogen) atoms. The highest BCUT2D eigenvalue weighted by atomic mass is 16.2. The first-order valence-corrected chi connectivity index (χ1v) is 9.17. The van der Waals surface area contributed by atoms with Crippen molar-refractivity contribution in [2.45, 2.75) is 32.9 Å². The largest absolute Gasteiger partial charge is 0.352 e. The fourth-order valence-electron chi connectivity index (χ4n) is 3.32. The molecule has 1 amide bonds. The number of nitrogens with one attached hydrogen (secondary N) is 2. The minimum absolute atomic E-state index is 0.0450. The number of carbonyl (C=O) groups excluding carboxylic acids is 1. The number of rotatable bonds is 4. The van der Waals surface area contributed by atoms with Gasteiger partial charge < -0.3 is 15.5 Å². The molecule has 1 aliphatic heterocycles. The van der Waals surface area contributed by atoms with E-state index < -0.39 is 0 Å². The summed E-state index contributed by atoms with van der Waals surface area (Å²) in [7, 11) is 1.76. The van der Waals surface area contributed by atoms with Gasteiger partial charge in [-0.15, -0.1) is 0 Å². The van der Waals surface area contributed by atoms with Crippen molar-refractivity contribution in [1.29, 1.82) is 0 Å². The van der Waals surface area contributed by atoms with Gasteiger partial charge in [0.15, 0.2) is 5.96 Å². The molecule has 2 heterocycles. The number of amides is 1. The molecule has 3 rings (SSSR count). The van der Waals surface area contributed by atoms with Crippen LogP contribution in [0.2, 0.25) is 0 Å². The highest BCUT2D eigenvalue weighted by Gasteiger charge is 2.27. The van der Waals surface area contributed by atoms with Crippen molar-refractivity contribution in [1.82, 2.24) is 20.5 Å². The molecule has 6 heteroatoms. The van der Waals surface area contributed by atoms with E-state index in [9.17, 15) is 4.79 Å². The Bertz CT molecular complexity index is 796. The number of carbonyl (C=O) groups is 1. The second-order valence-electron chi connectivity index (χ2n) is 6.97. The molecule has 0 radical (unpaired) electrons. The van der Waals surface area contributed by atoms with Crippen LogP contribution < -0.4 is 10.6 Å². The van der Waals surface area contributed by atoms with Gasteiger partial charge in [-0.1, -0.05) is 38.1 Å². The number of hydrogen-bond donors (Lipinski definition) is 2. The highest BCUT2D eigenvalue weighted by Crippen LogP contribution is 2.16. The van der Waals surface area contributed by atoms with E-state index in [2.05, 4.69) is 32.7 Å². The standard InChI is InChI=1S/C20H27N5O/c1-14(2)19(26)25-11-9-16(13-25)24-20(21-3)23-12-18-17-7-5-4-6-15(17)8-10-22-18/h4-8,10,14,16H,9,11-13H2,1-3H3,(H2,21,23,24). The van der Waals surface area contributed by atoms with Crippen LogP contribution in [0.3, 0.4) is 0 Å². The molecular formula is C20H27N5O. The Kier molecular flexibility index (Phi) is 5.71. The maximum Gasteiger partial charge on any atom is 0.225 e. The van der Waals surface area contributed by atoms with Crippen molar-refractivity contribution in [3.63, 3.8) is 0 Å². The zero-order chi connectivity index (χ0) is 18.5. The van der Waals surface area contributed by atoms with Crippen LogP contribution >= 0.6 is 0 Å². The van der Waals surface area contributed by atoms with Gasteiger partial charge in [0.05, 0.1) is 12.2 Å². The molecule has 1 unspecified atom stereocenters. The molecule has 1 saturated heterocycles. The average molecular weight is 353 g/mol. The summed E-state index contributed by atoms with van der Waals surface area (Å²) in [5.41, 5.74) is 0.995. The Morgan fingerprint density at radius 2 is 2.15 bits per heavy atom. The number of benzene rings is 1. The Balaban J connectivity index is 1.58. The first-order chi connectivity index (χ1) is 12.6. The zero-order valence-electron chi connectivity index (χ0n) is 15.7. The number of aromatic nitrogens is 1. The molecule has 1 aromatic carbocycles. The number of guanidine groups is 1. The molecule has 0 aliphatic carbocycles. The van der Waals surface area contributed by atoms with Gasteiger partial charge >= 0.3 is 0 Å². The van der Waals surface area contributed by atoms with Crippen molar-refractivity contribution in [3.05, 3.63) is 42.2 Å². The topological polar surface area (TPSA) is 69.6 Å². The lowest BCUT2D eigenvalue weighted by Gasteiger charge is -2.20. The lowest BCUT2D eigenvalue weighted by Crippen LogP contribution is -2.45. The quantitative estimate of drug-likeness (QED) is 0.653. The fourth-order valence-corrected chi connectivity index (χ4v) is 3.32. The predicted molar refractivity (Wildman–Crippen MR) is 105 cm³/mol. The summed E-state index contributed by atoms with van der Waals surface area (Å²) >= 11 is 0. The van der Waals surface area contributed by atoms with Crippen LogP contribution in [0.1, 0.15) is 26.0 Å². The molecule has 2 aromatic rings. The maximum atomic E-state index is 12.1. The first-order valence-electron chi connectivity index (χ1n) is 9.17. The normalized spacial score (nSPS) is 17.8.